The van der Waals surface area contributed by atoms with Gasteiger partial charge in [0, 0.05) is 61.5 Å². The molecule has 6 aromatic rings. The van der Waals surface area contributed by atoms with E-state index in [0.29, 0.717) is 73.4 Å². The number of nitrogens with one attached hydrogen (secondary N) is 1. The van der Waals surface area contributed by atoms with Crippen LogP contribution in [0, 0.1) is 16.7 Å². The zero-order valence-electron chi connectivity index (χ0n) is 42.7. The monoisotopic (exact) mass is 1090 g/mol. The number of rotatable bonds is 14. The molecule has 22 heteroatoms. The summed E-state index contributed by atoms with van der Waals surface area (Å²) in [7, 11) is 0. The van der Waals surface area contributed by atoms with Crippen LogP contribution in [0.5, 0.6) is 11.8 Å². The highest BCUT2D eigenvalue weighted by molar-refractivity contribution is 6.36. The number of nitrogens with two attached hydrogens (primary N) is 1. The fourth-order valence-corrected chi connectivity index (χ4v) is 11.4. The highest BCUT2D eigenvalue weighted by Crippen LogP contribution is 2.43. The number of amides is 3. The van der Waals surface area contributed by atoms with E-state index in [1.165, 1.54) is 23.1 Å². The molecule has 4 aliphatic rings. The number of anilines is 4. The summed E-state index contributed by atoms with van der Waals surface area (Å²) in [6.45, 7) is 8.68. The van der Waals surface area contributed by atoms with Crippen LogP contribution in [0.3, 0.4) is 0 Å². The summed E-state index contributed by atoms with van der Waals surface area (Å²) in [5.41, 5.74) is 6.92. The summed E-state index contributed by atoms with van der Waals surface area (Å²) in [6.07, 6.45) is -2.91. The number of ketones is 1. The summed E-state index contributed by atoms with van der Waals surface area (Å²) < 4.78 is 70.2. The number of hydrogen-bond acceptors (Lipinski definition) is 13. The van der Waals surface area contributed by atoms with Gasteiger partial charge in [-0.1, -0.05) is 56.3 Å². The third-order valence-electron chi connectivity index (χ3n) is 14.7. The minimum atomic E-state index is -4.88. The second-order valence-electron chi connectivity index (χ2n) is 20.7. The van der Waals surface area contributed by atoms with Crippen LogP contribution in [0.2, 0.25) is 5.02 Å². The summed E-state index contributed by atoms with van der Waals surface area (Å²) >= 11 is 6.77. The third-order valence-corrected chi connectivity index (χ3v) is 15.0. The average Bonchev–Trinajstić information content (AvgIpc) is 4.27. The van der Waals surface area contributed by atoms with E-state index in [0.717, 1.165) is 26.7 Å². The Kier molecular flexibility index (Phi) is 14.5. The summed E-state index contributed by atoms with van der Waals surface area (Å²) in [5.74, 6) is -2.72. The zero-order chi connectivity index (χ0) is 55.2. The molecule has 3 aliphatic heterocycles. The lowest BCUT2D eigenvalue weighted by molar-refractivity contribution is -0.141. The molecule has 0 saturated carbocycles. The molecule has 404 valence electrons. The molecule has 2 saturated heterocycles. The Labute approximate surface area is 451 Å². The molecule has 2 unspecified atom stereocenters. The molecule has 2 aromatic heterocycles. The Morgan fingerprint density at radius 2 is 1.72 bits per heavy atom. The first kappa shape index (κ1) is 53.2. The number of benzene rings is 4. The van der Waals surface area contributed by atoms with Crippen molar-refractivity contribution in [1.29, 1.82) is 5.26 Å². The molecule has 0 bridgehead atoms. The van der Waals surface area contributed by atoms with Crippen molar-refractivity contribution in [1.82, 2.24) is 29.5 Å². The van der Waals surface area contributed by atoms with E-state index >= 15 is 0 Å². The fraction of sp³-hybridized carbons (Fsp3) is 0.357. The minimum absolute atomic E-state index is 0.0319. The van der Waals surface area contributed by atoms with Crippen LogP contribution < -0.4 is 30.3 Å². The molecule has 5 heterocycles. The van der Waals surface area contributed by atoms with Gasteiger partial charge in [-0.15, -0.1) is 0 Å². The number of nitrogens with zero attached hydrogens (tertiary/aromatic N) is 9. The quantitative estimate of drug-likeness (QED) is 0.0773. The Balaban J connectivity index is 0.831. The topological polar surface area (TPSA) is 205 Å². The maximum atomic E-state index is 14.2. The second kappa shape index (κ2) is 21.3. The maximum Gasteiger partial charge on any atom is 0.435 e. The number of alkyl halides is 3. The van der Waals surface area contributed by atoms with E-state index in [1.807, 2.05) is 41.3 Å². The molecule has 2 atom stereocenters. The molecule has 1 aliphatic carbocycles. The molecule has 0 spiro atoms. The summed E-state index contributed by atoms with van der Waals surface area (Å²) in [5, 5.41) is 19.2. The van der Waals surface area contributed by atoms with E-state index in [9.17, 15) is 42.0 Å². The number of hydrogen-bond donors (Lipinski definition) is 2. The van der Waals surface area contributed by atoms with Crippen LogP contribution in [0.4, 0.5) is 40.4 Å². The van der Waals surface area contributed by atoms with Crippen LogP contribution in [0.1, 0.15) is 82.9 Å². The van der Waals surface area contributed by atoms with E-state index in [2.05, 4.69) is 28.0 Å². The predicted molar refractivity (Wildman–Crippen MR) is 283 cm³/mol. The van der Waals surface area contributed by atoms with Crippen molar-refractivity contribution in [3.05, 3.63) is 130 Å². The van der Waals surface area contributed by atoms with Crippen LogP contribution in [-0.2, 0) is 35.2 Å². The number of carbonyl (C=O) groups is 4. The first-order chi connectivity index (χ1) is 37.3. The van der Waals surface area contributed by atoms with Gasteiger partial charge in [0.2, 0.25) is 0 Å². The number of carbonyl (C=O) groups excluding carboxylic acids is 4. The highest BCUT2D eigenvalue weighted by atomic mass is 35.5. The Hall–Kier alpha value is -8.25. The number of likely N-dealkylation sites (tertiary alicyclic amines) is 1. The van der Waals surface area contributed by atoms with Gasteiger partial charge >= 0.3 is 12.2 Å². The number of fused-ring (bicyclic) bond motifs is 3. The lowest BCUT2D eigenvalue weighted by Crippen LogP contribution is -2.55. The van der Waals surface area contributed by atoms with Gasteiger partial charge in [-0.05, 0) is 91.1 Å². The molecular weight excluding hydrogens is 1030 g/mol. The van der Waals surface area contributed by atoms with Crippen molar-refractivity contribution in [2.75, 3.05) is 61.1 Å². The van der Waals surface area contributed by atoms with Gasteiger partial charge in [0.25, 0.3) is 17.7 Å². The van der Waals surface area contributed by atoms with Crippen molar-refractivity contribution in [2.45, 2.75) is 77.2 Å². The molecule has 3 N–H and O–H groups in total. The number of aromatic nitrogens is 4. The molecule has 78 heavy (non-hydrogen) atoms. The van der Waals surface area contributed by atoms with Gasteiger partial charge in [-0.3, -0.25) is 19.2 Å². The largest absolute Gasteiger partial charge is 0.484 e. The van der Waals surface area contributed by atoms with Crippen LogP contribution >= 0.6 is 11.6 Å². The summed E-state index contributed by atoms with van der Waals surface area (Å²) in [4.78, 5) is 69.3. The van der Waals surface area contributed by atoms with Crippen molar-refractivity contribution >= 4 is 68.8 Å². The van der Waals surface area contributed by atoms with E-state index in [4.69, 9.17) is 36.8 Å². The van der Waals surface area contributed by atoms with Gasteiger partial charge in [-0.2, -0.15) is 33.5 Å². The lowest BCUT2D eigenvalue weighted by atomic mass is 9.75. The molecule has 17 nitrogen and oxygen atoms in total. The van der Waals surface area contributed by atoms with Crippen LogP contribution in [0.25, 0.3) is 16.5 Å². The van der Waals surface area contributed by atoms with Crippen molar-refractivity contribution < 1.29 is 46.2 Å². The number of nitriles is 1. The smallest absolute Gasteiger partial charge is 0.435 e. The second-order valence-corrected chi connectivity index (χ2v) is 21.1. The van der Waals surface area contributed by atoms with Crippen molar-refractivity contribution in [3.63, 3.8) is 0 Å². The lowest BCUT2D eigenvalue weighted by Gasteiger charge is -2.42. The van der Waals surface area contributed by atoms with Crippen LogP contribution in [-0.4, -0.2) is 111 Å². The van der Waals surface area contributed by atoms with E-state index in [-0.39, 0.29) is 86.2 Å². The summed E-state index contributed by atoms with van der Waals surface area (Å²) in [6, 6.07) is 23.8. The standard InChI is InChI=1S/C56H54ClF4N11O6/c1-32(58)53(76)71-24-23-69(28-36(71)18-20-62)52-40-19-22-68(44-11-5-8-33-7-4-10-41(57)48(33)44)29-43(40)65-54(66-52)78-30-37-9-6-21-70(37)47(74)31-77-38-15-12-34(13-16-38)64-42-25-35(14-17-39(42)51(63)75)72-45-26-55(2,3)27-46(73)49(45)50(67-72)56(59,60)61/h4-5,7-8,10-17,25,36-37,64H,1,6,9,18-19,21-24,26-31H2,2-3H3,(H2,63,75). The van der Waals surface area contributed by atoms with E-state index < -0.39 is 52.3 Å². The first-order valence-corrected chi connectivity index (χ1v) is 25.8. The van der Waals surface area contributed by atoms with Crippen molar-refractivity contribution in [3.8, 4) is 23.5 Å². The molecule has 2 fully saturated rings. The number of ether oxygens (including phenoxy) is 2. The van der Waals surface area contributed by atoms with Crippen LogP contribution in [0.15, 0.2) is 91.3 Å². The molecule has 0 radical (unpaired) electrons. The minimum Gasteiger partial charge on any atom is -0.484 e. The van der Waals surface area contributed by atoms with Gasteiger partial charge < -0.3 is 40.1 Å². The number of halogens is 5. The predicted octanol–water partition coefficient (Wildman–Crippen LogP) is 8.91. The highest BCUT2D eigenvalue weighted by Gasteiger charge is 2.46. The molecule has 10 rings (SSSR count). The Bertz CT molecular complexity index is 3430. The number of primary amides is 1. The normalized spacial score (nSPS) is 18.1. The first-order valence-electron chi connectivity index (χ1n) is 25.4. The molecule has 4 aromatic carbocycles. The fourth-order valence-electron chi connectivity index (χ4n) is 11.1. The number of Topliss-reactive ketones (excluding diaryl/α,β-unsaturated/α-hetero) is 1. The van der Waals surface area contributed by atoms with Gasteiger partial charge in [-0.25, -0.2) is 9.07 Å². The SMILES string of the molecule is C=C(F)C(=O)N1CCN(c2nc(OCC3CCCN3C(=O)COc3ccc(Nc4cc(-n5nc(C(F)(F)F)c6c5CC(C)(C)CC6=O)ccc4C(N)=O)cc3)nc3c2CCN(c2cccc4cccc(Cl)c24)C3)CC1CC#N. The van der Waals surface area contributed by atoms with Gasteiger partial charge in [0.05, 0.1) is 70.0 Å². The molecular formula is C56H54ClF4N11O6. The third kappa shape index (κ3) is 10.7. The average molecular weight is 1090 g/mol. The van der Waals surface area contributed by atoms with Gasteiger partial charge in [0.1, 0.15) is 18.2 Å². The molecule has 3 amide bonds. The Morgan fingerprint density at radius 1 is 0.949 bits per heavy atom. The Morgan fingerprint density at radius 3 is 2.45 bits per heavy atom. The number of piperazine rings is 1. The van der Waals surface area contributed by atoms with Gasteiger partial charge in [0.15, 0.2) is 23.9 Å². The van der Waals surface area contributed by atoms with Crippen molar-refractivity contribution in [2.24, 2.45) is 11.1 Å². The zero-order valence-corrected chi connectivity index (χ0v) is 43.5. The maximum absolute atomic E-state index is 14.2. The van der Waals surface area contributed by atoms with E-state index in [1.54, 1.807) is 43.0 Å².